The third-order valence-electron chi connectivity index (χ3n) is 3.54. The van der Waals surface area contributed by atoms with Crippen LogP contribution in [0, 0.1) is 12.7 Å². The Morgan fingerprint density at radius 1 is 1.33 bits per heavy atom. The van der Waals surface area contributed by atoms with Crippen molar-refractivity contribution < 1.29 is 9.13 Å². The lowest BCUT2D eigenvalue weighted by Crippen LogP contribution is -2.14. The van der Waals surface area contributed by atoms with E-state index in [-0.39, 0.29) is 5.82 Å². The summed E-state index contributed by atoms with van der Waals surface area (Å²) in [4.78, 5) is 10.9. The molecule has 0 spiro atoms. The molecule has 2 rings (SSSR count). The molecule has 2 aromatic rings. The summed E-state index contributed by atoms with van der Waals surface area (Å²) in [5, 5.41) is 0. The molecule has 0 amide bonds. The molecule has 0 radical (unpaired) electrons. The molecule has 0 aliphatic rings. The number of pyridine rings is 1. The van der Waals surface area contributed by atoms with Crippen LogP contribution >= 0.6 is 15.9 Å². The highest BCUT2D eigenvalue weighted by molar-refractivity contribution is 9.10. The van der Waals surface area contributed by atoms with E-state index >= 15 is 0 Å². The van der Waals surface area contributed by atoms with E-state index in [1.807, 2.05) is 24.9 Å². The van der Waals surface area contributed by atoms with Crippen LogP contribution in [-0.4, -0.2) is 36.4 Å². The lowest BCUT2D eigenvalue weighted by Gasteiger charge is -2.11. The quantitative estimate of drug-likeness (QED) is 0.512. The number of hydrogen-bond acceptors (Lipinski definition) is 3. The zero-order valence-corrected chi connectivity index (χ0v) is 15.7. The minimum Gasteiger partial charge on any atom is -0.477 e. The lowest BCUT2D eigenvalue weighted by atomic mass is 10.2. The molecule has 0 aliphatic heterocycles. The molecule has 0 bridgehead atoms. The molecule has 0 fully saturated rings. The Morgan fingerprint density at radius 2 is 2.04 bits per heavy atom. The van der Waals surface area contributed by atoms with Gasteiger partial charge in [0.15, 0.2) is 0 Å². The molecule has 0 N–H and O–H groups in total. The summed E-state index contributed by atoms with van der Waals surface area (Å²) in [7, 11) is 1.97. The summed E-state index contributed by atoms with van der Waals surface area (Å²) in [6.45, 7) is 5.32. The van der Waals surface area contributed by atoms with Gasteiger partial charge in [-0.2, -0.15) is 0 Å². The smallest absolute Gasteiger partial charge is 0.228 e. The van der Waals surface area contributed by atoms with E-state index in [9.17, 15) is 4.39 Å². The van der Waals surface area contributed by atoms with Crippen molar-refractivity contribution in [3.63, 3.8) is 0 Å². The van der Waals surface area contributed by atoms with Crippen LogP contribution < -0.4 is 4.74 Å². The second-order valence-corrected chi connectivity index (χ2v) is 6.28. The van der Waals surface area contributed by atoms with E-state index in [1.165, 1.54) is 12.1 Å². The third kappa shape index (κ3) is 5.30. The first-order chi connectivity index (χ1) is 11.5. The van der Waals surface area contributed by atoms with Crippen molar-refractivity contribution in [3.8, 4) is 5.88 Å². The molecule has 0 saturated heterocycles. The van der Waals surface area contributed by atoms with Gasteiger partial charge in [-0.15, -0.1) is 0 Å². The van der Waals surface area contributed by atoms with Crippen LogP contribution in [0.1, 0.15) is 18.2 Å². The van der Waals surface area contributed by atoms with Gasteiger partial charge in [0.2, 0.25) is 5.88 Å². The standard InChI is InChI=1S/C18H21BrFN3O/c1-4-23(3)12-21-17-11-16(19)18(22-13(17)2)24-10-9-14-5-7-15(20)8-6-14/h5-8,11-12H,4,9-10H2,1-3H3. The Hall–Kier alpha value is -1.95. The monoisotopic (exact) mass is 393 g/mol. The van der Waals surface area contributed by atoms with Crippen molar-refractivity contribution in [1.82, 2.24) is 9.88 Å². The Labute approximate surface area is 150 Å². The van der Waals surface area contributed by atoms with Gasteiger partial charge in [-0.3, -0.25) is 0 Å². The summed E-state index contributed by atoms with van der Waals surface area (Å²) in [5.41, 5.74) is 2.62. The van der Waals surface area contributed by atoms with Crippen LogP contribution in [0.3, 0.4) is 0 Å². The molecule has 0 saturated carbocycles. The first kappa shape index (κ1) is 18.4. The summed E-state index contributed by atoms with van der Waals surface area (Å²) in [6.07, 6.45) is 2.47. The Bertz CT molecular complexity index is 704. The average molecular weight is 394 g/mol. The van der Waals surface area contributed by atoms with Crippen molar-refractivity contribution in [1.29, 1.82) is 0 Å². The maximum Gasteiger partial charge on any atom is 0.228 e. The minimum absolute atomic E-state index is 0.232. The van der Waals surface area contributed by atoms with Gasteiger partial charge in [-0.05, 0) is 53.5 Å². The Balaban J connectivity index is 1.99. The largest absolute Gasteiger partial charge is 0.477 e. The van der Waals surface area contributed by atoms with Crippen LogP contribution in [0.4, 0.5) is 10.1 Å². The summed E-state index contributed by atoms with van der Waals surface area (Å²) in [6, 6.07) is 8.32. The molecular formula is C18H21BrFN3O. The van der Waals surface area contributed by atoms with Crippen molar-refractivity contribution >= 4 is 28.0 Å². The van der Waals surface area contributed by atoms with E-state index in [0.717, 1.165) is 28.0 Å². The minimum atomic E-state index is -0.232. The van der Waals surface area contributed by atoms with Gasteiger partial charge in [0, 0.05) is 20.0 Å². The van der Waals surface area contributed by atoms with Gasteiger partial charge in [-0.1, -0.05) is 12.1 Å². The predicted octanol–water partition coefficient (Wildman–Crippen LogP) is 4.52. The van der Waals surface area contributed by atoms with Gasteiger partial charge >= 0.3 is 0 Å². The number of ether oxygens (including phenoxy) is 1. The molecule has 128 valence electrons. The summed E-state index contributed by atoms with van der Waals surface area (Å²) >= 11 is 3.48. The zero-order chi connectivity index (χ0) is 17.5. The molecule has 4 nitrogen and oxygen atoms in total. The molecule has 0 atom stereocenters. The van der Waals surface area contributed by atoms with Crippen molar-refractivity contribution in [2.75, 3.05) is 20.2 Å². The highest BCUT2D eigenvalue weighted by Gasteiger charge is 2.08. The SMILES string of the molecule is CCN(C)C=Nc1cc(Br)c(OCCc2ccc(F)cc2)nc1C. The van der Waals surface area contributed by atoms with E-state index < -0.39 is 0 Å². The number of hydrogen-bond donors (Lipinski definition) is 0. The molecule has 24 heavy (non-hydrogen) atoms. The average Bonchev–Trinajstić information content (AvgIpc) is 2.57. The van der Waals surface area contributed by atoms with Gasteiger partial charge in [0.25, 0.3) is 0 Å². The molecular weight excluding hydrogens is 373 g/mol. The van der Waals surface area contributed by atoms with E-state index in [0.29, 0.717) is 18.9 Å². The van der Waals surface area contributed by atoms with E-state index in [4.69, 9.17) is 4.74 Å². The second kappa shape index (κ2) is 8.78. The van der Waals surface area contributed by atoms with Gasteiger partial charge in [0.05, 0.1) is 28.8 Å². The number of benzene rings is 1. The fraction of sp³-hybridized carbons (Fsp3) is 0.333. The Morgan fingerprint density at radius 3 is 2.71 bits per heavy atom. The van der Waals surface area contributed by atoms with E-state index in [2.05, 4.69) is 32.8 Å². The van der Waals surface area contributed by atoms with Gasteiger partial charge in [0.1, 0.15) is 5.82 Å². The summed E-state index contributed by atoms with van der Waals surface area (Å²) in [5.74, 6) is 0.307. The first-order valence-electron chi connectivity index (χ1n) is 7.78. The highest BCUT2D eigenvalue weighted by atomic mass is 79.9. The van der Waals surface area contributed by atoms with Crippen molar-refractivity contribution in [3.05, 3.63) is 51.9 Å². The second-order valence-electron chi connectivity index (χ2n) is 5.42. The van der Waals surface area contributed by atoms with E-state index in [1.54, 1.807) is 18.5 Å². The Kier molecular flexibility index (Phi) is 6.73. The van der Waals surface area contributed by atoms with Crippen LogP contribution in [-0.2, 0) is 6.42 Å². The normalized spacial score (nSPS) is 11.0. The number of aliphatic imine (C=N–C) groups is 1. The maximum atomic E-state index is 12.9. The van der Waals surface area contributed by atoms with Crippen molar-refractivity contribution in [2.45, 2.75) is 20.3 Å². The molecule has 1 aromatic heterocycles. The van der Waals surface area contributed by atoms with Crippen molar-refractivity contribution in [2.24, 2.45) is 4.99 Å². The number of aryl methyl sites for hydroxylation is 1. The lowest BCUT2D eigenvalue weighted by molar-refractivity contribution is 0.307. The first-order valence-corrected chi connectivity index (χ1v) is 8.57. The summed E-state index contributed by atoms with van der Waals surface area (Å²) < 4.78 is 19.4. The fourth-order valence-electron chi connectivity index (χ4n) is 1.94. The zero-order valence-electron chi connectivity index (χ0n) is 14.1. The van der Waals surface area contributed by atoms with Crippen LogP contribution in [0.25, 0.3) is 0 Å². The van der Waals surface area contributed by atoms with Crippen LogP contribution in [0.2, 0.25) is 0 Å². The van der Waals surface area contributed by atoms with Gasteiger partial charge < -0.3 is 9.64 Å². The third-order valence-corrected chi connectivity index (χ3v) is 4.11. The highest BCUT2D eigenvalue weighted by Crippen LogP contribution is 2.29. The molecule has 0 aliphatic carbocycles. The number of rotatable bonds is 7. The number of halogens is 2. The molecule has 6 heteroatoms. The van der Waals surface area contributed by atoms with Crippen LogP contribution in [0.5, 0.6) is 5.88 Å². The number of aromatic nitrogens is 1. The van der Waals surface area contributed by atoms with Gasteiger partial charge in [-0.25, -0.2) is 14.4 Å². The molecule has 0 unspecified atom stereocenters. The van der Waals surface area contributed by atoms with Crippen LogP contribution in [0.15, 0.2) is 39.8 Å². The number of nitrogens with zero attached hydrogens (tertiary/aromatic N) is 3. The maximum absolute atomic E-state index is 12.9. The topological polar surface area (TPSA) is 37.7 Å². The predicted molar refractivity (Wildman–Crippen MR) is 98.7 cm³/mol. The molecule has 1 heterocycles. The molecule has 1 aromatic carbocycles. The fourth-order valence-corrected chi connectivity index (χ4v) is 2.36.